The monoisotopic (exact) mass is 311 g/mol. The average molecular weight is 311 g/mol. The molecular weight excluding hydrogens is 284 g/mol. The summed E-state index contributed by atoms with van der Waals surface area (Å²) < 4.78 is 0. The van der Waals surface area contributed by atoms with E-state index in [1.807, 2.05) is 18.2 Å². The lowest BCUT2D eigenvalue weighted by atomic mass is 10.1. The van der Waals surface area contributed by atoms with Gasteiger partial charge in [-0.3, -0.25) is 4.79 Å². The zero-order valence-corrected chi connectivity index (χ0v) is 14.4. The minimum atomic E-state index is 0.115. The Labute approximate surface area is 139 Å². The van der Waals surface area contributed by atoms with Crippen LogP contribution >= 0.6 is 0 Å². The van der Waals surface area contributed by atoms with Crippen LogP contribution in [0.4, 0.5) is 0 Å². The van der Waals surface area contributed by atoms with Gasteiger partial charge in [0.25, 0.3) is 5.91 Å². The SMILES string of the molecule is Cc1ccccc1CCNC(=O)C[NH+](C)Cc1ccccc1C. The van der Waals surface area contributed by atoms with Crippen molar-refractivity contribution in [2.75, 3.05) is 20.1 Å². The molecule has 0 saturated heterocycles. The summed E-state index contributed by atoms with van der Waals surface area (Å²) in [6.45, 7) is 6.30. The molecule has 3 heteroatoms. The second kappa shape index (κ2) is 8.49. The van der Waals surface area contributed by atoms with E-state index in [9.17, 15) is 4.79 Å². The van der Waals surface area contributed by atoms with Crippen LogP contribution < -0.4 is 10.2 Å². The van der Waals surface area contributed by atoms with Crippen molar-refractivity contribution < 1.29 is 9.69 Å². The first-order valence-electron chi connectivity index (χ1n) is 8.23. The van der Waals surface area contributed by atoms with Crippen LogP contribution in [-0.4, -0.2) is 26.0 Å². The van der Waals surface area contributed by atoms with E-state index >= 15 is 0 Å². The zero-order valence-electron chi connectivity index (χ0n) is 14.4. The van der Waals surface area contributed by atoms with Gasteiger partial charge in [0.2, 0.25) is 0 Å². The highest BCUT2D eigenvalue weighted by Crippen LogP contribution is 2.06. The Morgan fingerprint density at radius 1 is 0.957 bits per heavy atom. The Morgan fingerprint density at radius 3 is 2.13 bits per heavy atom. The summed E-state index contributed by atoms with van der Waals surface area (Å²) in [5.41, 5.74) is 5.17. The molecule has 0 aliphatic rings. The fourth-order valence-corrected chi connectivity index (χ4v) is 2.76. The first-order valence-corrected chi connectivity index (χ1v) is 8.23. The molecule has 2 rings (SSSR count). The summed E-state index contributed by atoms with van der Waals surface area (Å²) in [6.07, 6.45) is 0.884. The van der Waals surface area contributed by atoms with Crippen molar-refractivity contribution in [1.29, 1.82) is 0 Å². The zero-order chi connectivity index (χ0) is 16.7. The molecule has 23 heavy (non-hydrogen) atoms. The summed E-state index contributed by atoms with van der Waals surface area (Å²) in [7, 11) is 2.06. The molecule has 0 fully saturated rings. The molecule has 122 valence electrons. The topological polar surface area (TPSA) is 33.5 Å². The Balaban J connectivity index is 1.74. The molecule has 1 amide bonds. The van der Waals surface area contributed by atoms with E-state index in [1.165, 1.54) is 27.2 Å². The van der Waals surface area contributed by atoms with E-state index in [-0.39, 0.29) is 5.91 Å². The van der Waals surface area contributed by atoms with E-state index in [1.54, 1.807) is 0 Å². The van der Waals surface area contributed by atoms with Crippen molar-refractivity contribution in [3.63, 3.8) is 0 Å². The van der Waals surface area contributed by atoms with Crippen LogP contribution in [0.15, 0.2) is 48.5 Å². The van der Waals surface area contributed by atoms with Gasteiger partial charge in [-0.05, 0) is 37.0 Å². The molecule has 0 spiro atoms. The Hall–Kier alpha value is -2.13. The predicted octanol–water partition coefficient (Wildman–Crippen LogP) is 1.68. The molecule has 0 saturated carbocycles. The molecule has 0 heterocycles. The van der Waals surface area contributed by atoms with Crippen LogP contribution in [0.1, 0.15) is 22.3 Å². The van der Waals surface area contributed by atoms with Crippen LogP contribution in [0, 0.1) is 13.8 Å². The number of rotatable bonds is 7. The quantitative estimate of drug-likeness (QED) is 0.801. The molecule has 0 aliphatic carbocycles. The lowest BCUT2D eigenvalue weighted by molar-refractivity contribution is -0.885. The Morgan fingerprint density at radius 2 is 1.52 bits per heavy atom. The third-order valence-electron chi connectivity index (χ3n) is 4.19. The Kier molecular flexibility index (Phi) is 6.36. The average Bonchev–Trinajstić information content (AvgIpc) is 2.51. The third-order valence-corrected chi connectivity index (χ3v) is 4.19. The number of hydrogen-bond acceptors (Lipinski definition) is 1. The maximum atomic E-state index is 12.1. The number of nitrogens with one attached hydrogen (secondary N) is 2. The fourth-order valence-electron chi connectivity index (χ4n) is 2.76. The van der Waals surface area contributed by atoms with Crippen LogP contribution in [0.2, 0.25) is 0 Å². The molecule has 0 bridgehead atoms. The van der Waals surface area contributed by atoms with Gasteiger partial charge in [-0.2, -0.15) is 0 Å². The van der Waals surface area contributed by atoms with Gasteiger partial charge in [0.05, 0.1) is 7.05 Å². The van der Waals surface area contributed by atoms with Crippen LogP contribution in [0.25, 0.3) is 0 Å². The summed E-state index contributed by atoms with van der Waals surface area (Å²) in [6, 6.07) is 16.7. The highest BCUT2D eigenvalue weighted by molar-refractivity contribution is 5.76. The van der Waals surface area contributed by atoms with E-state index < -0.39 is 0 Å². The van der Waals surface area contributed by atoms with Gasteiger partial charge in [0.15, 0.2) is 6.54 Å². The second-order valence-electron chi connectivity index (χ2n) is 6.26. The summed E-state index contributed by atoms with van der Waals surface area (Å²) in [4.78, 5) is 13.3. The number of hydrogen-bond donors (Lipinski definition) is 2. The third kappa shape index (κ3) is 5.53. The predicted molar refractivity (Wildman–Crippen MR) is 94.5 cm³/mol. The fraction of sp³-hybridized carbons (Fsp3) is 0.350. The highest BCUT2D eigenvalue weighted by Gasteiger charge is 2.11. The highest BCUT2D eigenvalue weighted by atomic mass is 16.2. The van der Waals surface area contributed by atoms with E-state index in [0.29, 0.717) is 13.1 Å². The molecular formula is C20H27N2O+. The summed E-state index contributed by atoms with van der Waals surface area (Å²) in [5, 5.41) is 3.03. The lowest BCUT2D eigenvalue weighted by Crippen LogP contribution is -3.09. The van der Waals surface area contributed by atoms with Gasteiger partial charge in [-0.15, -0.1) is 0 Å². The van der Waals surface area contributed by atoms with Crippen LogP contribution in [0.5, 0.6) is 0 Å². The van der Waals surface area contributed by atoms with Crippen LogP contribution in [-0.2, 0) is 17.8 Å². The molecule has 1 unspecified atom stereocenters. The van der Waals surface area contributed by atoms with Gasteiger partial charge in [0.1, 0.15) is 6.54 Å². The maximum Gasteiger partial charge on any atom is 0.275 e. The molecule has 2 N–H and O–H groups in total. The van der Waals surface area contributed by atoms with Gasteiger partial charge in [0, 0.05) is 12.1 Å². The smallest absolute Gasteiger partial charge is 0.275 e. The number of carbonyl (C=O) groups is 1. The van der Waals surface area contributed by atoms with Crippen LogP contribution in [0.3, 0.4) is 0 Å². The second-order valence-corrected chi connectivity index (χ2v) is 6.26. The number of likely N-dealkylation sites (N-methyl/N-ethyl adjacent to an activating group) is 1. The number of carbonyl (C=O) groups excluding carboxylic acids is 1. The molecule has 0 aliphatic heterocycles. The van der Waals surface area contributed by atoms with E-state index in [4.69, 9.17) is 0 Å². The minimum absolute atomic E-state index is 0.115. The van der Waals surface area contributed by atoms with Gasteiger partial charge < -0.3 is 10.2 Å². The Bertz CT molecular complexity index is 652. The normalized spacial score (nSPS) is 12.0. The molecule has 3 nitrogen and oxygen atoms in total. The van der Waals surface area contributed by atoms with Crippen molar-refractivity contribution in [2.24, 2.45) is 0 Å². The molecule has 0 aromatic heterocycles. The number of quaternary nitrogens is 1. The number of amides is 1. The molecule has 2 aromatic carbocycles. The van der Waals surface area contributed by atoms with Crippen molar-refractivity contribution in [3.05, 3.63) is 70.8 Å². The van der Waals surface area contributed by atoms with Gasteiger partial charge in [-0.25, -0.2) is 0 Å². The first kappa shape index (κ1) is 17.2. The summed E-state index contributed by atoms with van der Waals surface area (Å²) in [5.74, 6) is 0.115. The van der Waals surface area contributed by atoms with Gasteiger partial charge >= 0.3 is 0 Å². The van der Waals surface area contributed by atoms with E-state index in [2.05, 4.69) is 56.5 Å². The van der Waals surface area contributed by atoms with E-state index in [0.717, 1.165) is 13.0 Å². The number of aryl methyl sites for hydroxylation is 2. The van der Waals surface area contributed by atoms with Crippen molar-refractivity contribution in [2.45, 2.75) is 26.8 Å². The number of benzene rings is 2. The first-order chi connectivity index (χ1) is 11.1. The maximum absolute atomic E-state index is 12.1. The summed E-state index contributed by atoms with van der Waals surface area (Å²) >= 11 is 0. The lowest BCUT2D eigenvalue weighted by Gasteiger charge is -2.15. The minimum Gasteiger partial charge on any atom is -0.351 e. The van der Waals surface area contributed by atoms with Gasteiger partial charge in [-0.1, -0.05) is 48.5 Å². The largest absolute Gasteiger partial charge is 0.351 e. The molecule has 1 atom stereocenters. The standard InChI is InChI=1S/C20H26N2O/c1-16-8-4-6-10-18(16)12-13-21-20(23)15-22(3)14-19-11-7-5-9-17(19)2/h4-11H,12-15H2,1-3H3,(H,21,23)/p+1. The van der Waals surface area contributed by atoms with Crippen molar-refractivity contribution in [1.82, 2.24) is 5.32 Å². The van der Waals surface area contributed by atoms with Crippen molar-refractivity contribution in [3.8, 4) is 0 Å². The van der Waals surface area contributed by atoms with Crippen molar-refractivity contribution >= 4 is 5.91 Å². The molecule has 0 radical (unpaired) electrons. The molecule has 2 aromatic rings.